The molecule has 0 fully saturated rings. The summed E-state index contributed by atoms with van der Waals surface area (Å²) in [6.07, 6.45) is 5.01. The van der Waals surface area contributed by atoms with Gasteiger partial charge >= 0.3 is 5.97 Å². The van der Waals surface area contributed by atoms with Crippen LogP contribution in [0.5, 0.6) is 0 Å². The maximum atomic E-state index is 12.0. The molecule has 116 valence electrons. The number of esters is 1. The lowest BCUT2D eigenvalue weighted by Gasteiger charge is -2.18. The molecule has 2 heterocycles. The molecule has 0 saturated heterocycles. The summed E-state index contributed by atoms with van der Waals surface area (Å²) in [7, 11) is 0. The third-order valence-electron chi connectivity index (χ3n) is 3.61. The Hall–Kier alpha value is -2.75. The molecule has 0 N–H and O–H groups in total. The average Bonchev–Trinajstić information content (AvgIpc) is 2.89. The molecule has 0 bridgehead atoms. The maximum Gasteiger partial charge on any atom is 0.363 e. The first-order chi connectivity index (χ1) is 10.9. The van der Waals surface area contributed by atoms with Crippen molar-refractivity contribution in [3.63, 3.8) is 0 Å². The SMILES string of the molecule is CC(C)(C)c1ccc(/C=C2/N=C(c3cccnc3)OC2=O)cc1. The van der Waals surface area contributed by atoms with E-state index in [0.717, 1.165) is 5.56 Å². The molecule has 23 heavy (non-hydrogen) atoms. The Labute approximate surface area is 135 Å². The Morgan fingerprint density at radius 2 is 1.83 bits per heavy atom. The van der Waals surface area contributed by atoms with E-state index in [2.05, 4.69) is 42.9 Å². The zero-order chi connectivity index (χ0) is 16.4. The van der Waals surface area contributed by atoms with E-state index in [9.17, 15) is 4.79 Å². The van der Waals surface area contributed by atoms with E-state index in [1.54, 1.807) is 30.6 Å². The number of ether oxygens (including phenoxy) is 1. The molecule has 4 nitrogen and oxygen atoms in total. The van der Waals surface area contributed by atoms with Crippen molar-refractivity contribution in [2.45, 2.75) is 26.2 Å². The molecular weight excluding hydrogens is 288 g/mol. The third-order valence-corrected chi connectivity index (χ3v) is 3.61. The number of nitrogens with zero attached hydrogens (tertiary/aromatic N) is 2. The molecule has 3 rings (SSSR count). The minimum absolute atomic E-state index is 0.101. The van der Waals surface area contributed by atoms with Gasteiger partial charge in [0.15, 0.2) is 5.70 Å². The number of hydrogen-bond acceptors (Lipinski definition) is 4. The van der Waals surface area contributed by atoms with E-state index in [-0.39, 0.29) is 5.41 Å². The summed E-state index contributed by atoms with van der Waals surface area (Å²) in [6.45, 7) is 6.50. The van der Waals surface area contributed by atoms with Crippen molar-refractivity contribution in [2.75, 3.05) is 0 Å². The van der Waals surface area contributed by atoms with Crippen molar-refractivity contribution in [3.8, 4) is 0 Å². The van der Waals surface area contributed by atoms with Gasteiger partial charge in [-0.05, 0) is 34.8 Å². The first-order valence-electron chi connectivity index (χ1n) is 7.47. The quantitative estimate of drug-likeness (QED) is 0.627. The molecule has 4 heteroatoms. The van der Waals surface area contributed by atoms with Crippen LogP contribution in [0.2, 0.25) is 0 Å². The first kappa shape index (κ1) is 15.2. The minimum atomic E-state index is -0.441. The Balaban J connectivity index is 1.88. The van der Waals surface area contributed by atoms with Crippen LogP contribution in [0.4, 0.5) is 0 Å². The van der Waals surface area contributed by atoms with Crippen molar-refractivity contribution in [1.82, 2.24) is 4.98 Å². The average molecular weight is 306 g/mol. The van der Waals surface area contributed by atoms with Crippen LogP contribution in [0.25, 0.3) is 6.08 Å². The van der Waals surface area contributed by atoms with E-state index in [1.807, 2.05) is 12.1 Å². The van der Waals surface area contributed by atoms with Crippen LogP contribution >= 0.6 is 0 Å². The van der Waals surface area contributed by atoms with Gasteiger partial charge in [-0.1, -0.05) is 45.0 Å². The fourth-order valence-corrected chi connectivity index (χ4v) is 2.26. The monoisotopic (exact) mass is 306 g/mol. The normalized spacial score (nSPS) is 16.4. The van der Waals surface area contributed by atoms with Crippen LogP contribution in [0.3, 0.4) is 0 Å². The predicted octanol–water partition coefficient (Wildman–Crippen LogP) is 3.72. The zero-order valence-corrected chi connectivity index (χ0v) is 13.4. The number of pyridine rings is 1. The zero-order valence-electron chi connectivity index (χ0n) is 13.4. The molecule has 0 saturated carbocycles. The Kier molecular flexibility index (Phi) is 3.82. The van der Waals surface area contributed by atoms with Gasteiger partial charge in [-0.25, -0.2) is 9.79 Å². The van der Waals surface area contributed by atoms with E-state index in [4.69, 9.17) is 4.74 Å². The van der Waals surface area contributed by atoms with Gasteiger partial charge in [-0.3, -0.25) is 4.98 Å². The number of hydrogen-bond donors (Lipinski definition) is 0. The van der Waals surface area contributed by atoms with E-state index < -0.39 is 5.97 Å². The lowest BCUT2D eigenvalue weighted by molar-refractivity contribution is -0.129. The summed E-state index contributed by atoms with van der Waals surface area (Å²) < 4.78 is 5.21. The smallest absolute Gasteiger partial charge is 0.363 e. The summed E-state index contributed by atoms with van der Waals surface area (Å²) >= 11 is 0. The molecule has 0 amide bonds. The molecule has 0 unspecified atom stereocenters. The topological polar surface area (TPSA) is 51.6 Å². The summed E-state index contributed by atoms with van der Waals surface area (Å²) in [5.74, 6) is -0.149. The van der Waals surface area contributed by atoms with Crippen LogP contribution in [0, 0.1) is 0 Å². The lowest BCUT2D eigenvalue weighted by Crippen LogP contribution is -2.10. The molecule has 1 aromatic carbocycles. The van der Waals surface area contributed by atoms with Crippen LogP contribution in [-0.4, -0.2) is 16.9 Å². The molecule has 0 atom stereocenters. The highest BCUT2D eigenvalue weighted by Gasteiger charge is 2.24. The van der Waals surface area contributed by atoms with Gasteiger partial charge in [0.25, 0.3) is 0 Å². The summed E-state index contributed by atoms with van der Waals surface area (Å²) in [4.78, 5) is 20.2. The van der Waals surface area contributed by atoms with Gasteiger partial charge in [0.05, 0.1) is 5.56 Å². The molecular formula is C19H18N2O2. The van der Waals surface area contributed by atoms with Crippen molar-refractivity contribution in [3.05, 3.63) is 71.2 Å². The maximum absolute atomic E-state index is 12.0. The molecule has 0 aliphatic carbocycles. The highest BCUT2D eigenvalue weighted by atomic mass is 16.6. The Bertz CT molecular complexity index is 782. The second-order valence-corrected chi connectivity index (χ2v) is 6.45. The highest BCUT2D eigenvalue weighted by molar-refractivity contribution is 6.12. The van der Waals surface area contributed by atoms with Gasteiger partial charge in [-0.2, -0.15) is 0 Å². The minimum Gasteiger partial charge on any atom is -0.402 e. The number of carbonyl (C=O) groups excluding carboxylic acids is 1. The van der Waals surface area contributed by atoms with Crippen molar-refractivity contribution >= 4 is 17.9 Å². The second kappa shape index (κ2) is 5.80. The number of aromatic nitrogens is 1. The van der Waals surface area contributed by atoms with Crippen molar-refractivity contribution < 1.29 is 9.53 Å². The van der Waals surface area contributed by atoms with Gasteiger partial charge < -0.3 is 4.74 Å². The fraction of sp³-hybridized carbons (Fsp3) is 0.211. The number of rotatable bonds is 2. The Morgan fingerprint density at radius 1 is 1.09 bits per heavy atom. The molecule has 1 aliphatic rings. The standard InChI is InChI=1S/C19H18N2O2/c1-19(2,3)15-8-6-13(7-9-15)11-16-18(22)23-17(21-16)14-5-4-10-20-12-14/h4-12H,1-3H3/b16-11+. The number of benzene rings is 1. The number of cyclic esters (lactones) is 1. The molecule has 0 spiro atoms. The largest absolute Gasteiger partial charge is 0.402 e. The van der Waals surface area contributed by atoms with Crippen LogP contribution in [-0.2, 0) is 14.9 Å². The van der Waals surface area contributed by atoms with E-state index in [1.165, 1.54) is 5.56 Å². The summed E-state index contributed by atoms with van der Waals surface area (Å²) in [5, 5.41) is 0. The number of carbonyl (C=O) groups is 1. The van der Waals surface area contributed by atoms with Gasteiger partial charge in [0.2, 0.25) is 5.90 Å². The highest BCUT2D eigenvalue weighted by Crippen LogP contribution is 2.24. The second-order valence-electron chi connectivity index (χ2n) is 6.45. The fourth-order valence-electron chi connectivity index (χ4n) is 2.26. The summed E-state index contributed by atoms with van der Waals surface area (Å²) in [5.41, 5.74) is 3.25. The lowest BCUT2D eigenvalue weighted by atomic mass is 9.87. The van der Waals surface area contributed by atoms with E-state index in [0.29, 0.717) is 17.2 Å². The summed E-state index contributed by atoms with van der Waals surface area (Å²) in [6, 6.07) is 11.7. The molecule has 1 aliphatic heterocycles. The third kappa shape index (κ3) is 3.37. The van der Waals surface area contributed by atoms with Crippen LogP contribution < -0.4 is 0 Å². The van der Waals surface area contributed by atoms with Gasteiger partial charge in [0, 0.05) is 12.4 Å². The Morgan fingerprint density at radius 3 is 2.43 bits per heavy atom. The van der Waals surface area contributed by atoms with Crippen molar-refractivity contribution in [2.24, 2.45) is 4.99 Å². The van der Waals surface area contributed by atoms with Crippen molar-refractivity contribution in [1.29, 1.82) is 0 Å². The molecule has 1 aromatic heterocycles. The van der Waals surface area contributed by atoms with Crippen LogP contribution in [0.1, 0.15) is 37.5 Å². The molecule has 2 aromatic rings. The van der Waals surface area contributed by atoms with Gasteiger partial charge in [-0.15, -0.1) is 0 Å². The first-order valence-corrected chi connectivity index (χ1v) is 7.47. The number of aliphatic imine (C=N–C) groups is 1. The van der Waals surface area contributed by atoms with E-state index >= 15 is 0 Å². The van der Waals surface area contributed by atoms with Gasteiger partial charge in [0.1, 0.15) is 0 Å². The predicted molar refractivity (Wildman–Crippen MR) is 90.0 cm³/mol. The van der Waals surface area contributed by atoms with Crippen LogP contribution in [0.15, 0.2) is 59.5 Å². The molecule has 0 radical (unpaired) electrons.